The zero-order valence-electron chi connectivity index (χ0n) is 79.5. The minimum absolute atomic E-state index is 0.424. The van der Waals surface area contributed by atoms with Crippen LogP contribution in [0.4, 0.5) is 9.59 Å². The van der Waals surface area contributed by atoms with Crippen molar-refractivity contribution in [2.75, 3.05) is 39.6 Å². The summed E-state index contributed by atoms with van der Waals surface area (Å²) in [5.74, 6) is -3.10. The van der Waals surface area contributed by atoms with Crippen molar-refractivity contribution in [2.45, 2.75) is 254 Å². The maximum absolute atomic E-state index is 15.1. The first kappa shape index (κ1) is 109. The summed E-state index contributed by atoms with van der Waals surface area (Å²) < 4.78 is 107. The van der Waals surface area contributed by atoms with Gasteiger partial charge in [-0.3, -0.25) is 14.4 Å². The Labute approximate surface area is 839 Å². The Kier molecular flexibility index (Phi) is 36.6. The van der Waals surface area contributed by atoms with Crippen molar-refractivity contribution in [1.82, 2.24) is 10.6 Å². The normalized spacial score (nSPS) is 26.0. The highest BCUT2D eigenvalue weighted by molar-refractivity contribution is 7.01. The molecule has 0 bridgehead atoms. The molecule has 0 unspecified atom stereocenters. The van der Waals surface area contributed by atoms with Crippen LogP contribution in [0, 0.1) is 0 Å². The fourth-order valence-electron chi connectivity index (χ4n) is 19.3. The van der Waals surface area contributed by atoms with Crippen molar-refractivity contribution >= 4 is 174 Å². The first-order chi connectivity index (χ1) is 65.0. The van der Waals surface area contributed by atoms with Crippen molar-refractivity contribution in [2.24, 2.45) is 0 Å². The third kappa shape index (κ3) is 25.2. The first-order valence-electron chi connectivity index (χ1n) is 45.6. The van der Waals surface area contributed by atoms with Gasteiger partial charge >= 0.3 is 30.1 Å². The van der Waals surface area contributed by atoms with Crippen LogP contribution >= 0.6 is 69.6 Å². The van der Waals surface area contributed by atoms with Crippen LogP contribution < -0.4 is 52.1 Å². The van der Waals surface area contributed by atoms with Gasteiger partial charge in [0.05, 0.1) is 26.4 Å². The summed E-state index contributed by atoms with van der Waals surface area (Å²) in [7, 11) is -14.9. The maximum atomic E-state index is 15.1. The number of aliphatic hydroxyl groups is 5. The molecule has 28 nitrogen and oxygen atoms in total. The number of carbonyl (C=O) groups excluding carboxylic acids is 5. The molecule has 4 fully saturated rings. The predicted molar refractivity (Wildman–Crippen MR) is 534 cm³/mol. The van der Waals surface area contributed by atoms with E-state index in [1.165, 1.54) is 0 Å². The molecule has 38 heteroatoms. The van der Waals surface area contributed by atoms with E-state index in [4.69, 9.17) is 144 Å². The standard InChI is InChI=1S/C100H124Cl6N2O26Si4/c1-62(109)125-85-76(59-124-138(98(13,14)15,71-52-36-22-37-53-71)72-54-38-23-39-55-72)131-92(133-84-75(128-89(116)78(86(84)126-63(2)110)108-94(118)120-61-100(104,105)106)58-123-137(97(10,11)12,69-48-32-20-33-49-69)70-50-34-21-35-51-70)88(127-64(3)111)87(85)134-90-77(107-93(117)119-60-99(101,102)103)80(113)83(74(130-90)57-122-136(96(7,8)9,67-44-28-18-29-45-67)68-46-30-19-31-47-68)132-91-82(115)81(114)79(112)73(129-91)56-121-135(95(4,5)6,65-40-24-16-25-41-65)66-42-26-17-27-43-66/h16-55,73-92,112-116H,56-61H2,1-15H3,(H,107,117)(H,108,118)/t73-,74-,75-,76-,77-,78-,79+,80-,81+,82-,83-,84-,85+,86-,87+,88-,89-,90+,91+,92+/m1/s1. The molecule has 2 amide bonds. The second-order valence-electron chi connectivity index (χ2n) is 38.8. The lowest BCUT2D eigenvalue weighted by Gasteiger charge is -2.52. The maximum Gasteiger partial charge on any atom is 0.407 e. The third-order valence-corrected chi connectivity index (χ3v) is 45.9. The molecule has 4 saturated heterocycles. The van der Waals surface area contributed by atoms with E-state index in [1.54, 1.807) is 0 Å². The van der Waals surface area contributed by atoms with Crippen molar-refractivity contribution in [3.05, 3.63) is 243 Å². The van der Waals surface area contributed by atoms with Crippen LogP contribution in [0.15, 0.2) is 243 Å². The van der Waals surface area contributed by atoms with Gasteiger partial charge in [0.15, 0.2) is 43.5 Å². The minimum atomic E-state index is -3.84. The Morgan fingerprint density at radius 1 is 0.297 bits per heavy atom. The number of nitrogens with one attached hydrogen (secondary N) is 2. The summed E-state index contributed by atoms with van der Waals surface area (Å²) in [6, 6.07) is 71.9. The summed E-state index contributed by atoms with van der Waals surface area (Å²) in [6.45, 7) is 23.5. The van der Waals surface area contributed by atoms with Gasteiger partial charge in [-0.15, -0.1) is 0 Å². The number of ether oxygens (including phenoxy) is 12. The minimum Gasteiger partial charge on any atom is -0.457 e. The average molecular weight is 2100 g/mol. The quantitative estimate of drug-likeness (QED) is 0.00869. The summed E-state index contributed by atoms with van der Waals surface area (Å²) >= 11 is 37.3. The van der Waals surface area contributed by atoms with Crippen molar-refractivity contribution < 1.29 is 124 Å². The highest BCUT2D eigenvalue weighted by Crippen LogP contribution is 2.46. The van der Waals surface area contributed by atoms with Crippen LogP contribution in [0.25, 0.3) is 0 Å². The van der Waals surface area contributed by atoms with Gasteiger partial charge in [0.2, 0.25) is 7.59 Å². The second-order valence-corrected chi connectivity index (χ2v) is 61.1. The van der Waals surface area contributed by atoms with Gasteiger partial charge in [-0.1, -0.05) is 395 Å². The van der Waals surface area contributed by atoms with Crippen LogP contribution in [0.5, 0.6) is 0 Å². The fraction of sp³-hybridized carbons (Fsp3) is 0.470. The topological polar surface area (TPSA) is 358 Å². The summed E-state index contributed by atoms with van der Waals surface area (Å²) in [5, 5.41) is 72.4. The van der Waals surface area contributed by atoms with Crippen molar-refractivity contribution in [3.8, 4) is 0 Å². The molecule has 7 N–H and O–H groups in total. The molecule has 748 valence electrons. The molecule has 138 heavy (non-hydrogen) atoms. The van der Waals surface area contributed by atoms with Gasteiger partial charge in [0.25, 0.3) is 33.3 Å². The smallest absolute Gasteiger partial charge is 0.407 e. The molecule has 12 rings (SSSR count). The lowest BCUT2D eigenvalue weighted by atomic mass is 9.94. The van der Waals surface area contributed by atoms with E-state index >= 15 is 4.79 Å². The Morgan fingerprint density at radius 2 is 0.558 bits per heavy atom. The number of alkyl carbamates (subject to hydrolysis) is 2. The van der Waals surface area contributed by atoms with Crippen molar-refractivity contribution in [1.29, 1.82) is 0 Å². The Balaban J connectivity index is 1.07. The van der Waals surface area contributed by atoms with Crippen LogP contribution in [-0.2, 0) is 88.9 Å². The van der Waals surface area contributed by atoms with E-state index in [0.29, 0.717) is 0 Å². The molecule has 4 aliphatic rings. The van der Waals surface area contributed by atoms with E-state index in [1.807, 2.05) is 326 Å². The fourth-order valence-corrected chi connectivity index (χ4v) is 37.9. The predicted octanol–water partition coefficient (Wildman–Crippen LogP) is 10.5. The number of carbonyl (C=O) groups is 5. The molecular weight excluding hydrogens is 1970 g/mol. The third-order valence-electron chi connectivity index (χ3n) is 25.2. The zero-order valence-corrected chi connectivity index (χ0v) is 88.0. The van der Waals surface area contributed by atoms with Gasteiger partial charge in [0.1, 0.15) is 92.4 Å². The average Bonchev–Trinajstić information content (AvgIpc) is 0.756. The number of rotatable bonds is 33. The molecule has 4 heterocycles. The number of hydrogen-bond acceptors (Lipinski definition) is 26. The number of benzene rings is 8. The van der Waals surface area contributed by atoms with Gasteiger partial charge in [-0.05, 0) is 61.6 Å². The largest absolute Gasteiger partial charge is 0.457 e. The molecule has 0 aromatic heterocycles. The highest BCUT2D eigenvalue weighted by Gasteiger charge is 2.63. The van der Waals surface area contributed by atoms with Gasteiger partial charge < -0.3 is 111 Å². The van der Waals surface area contributed by atoms with Crippen molar-refractivity contribution in [3.63, 3.8) is 0 Å². The van der Waals surface area contributed by atoms with E-state index in [9.17, 15) is 44.7 Å². The Morgan fingerprint density at radius 3 is 0.870 bits per heavy atom. The molecule has 4 aliphatic heterocycles. The number of alkyl halides is 6. The van der Waals surface area contributed by atoms with Crippen LogP contribution in [0.2, 0.25) is 20.2 Å². The van der Waals surface area contributed by atoms with Gasteiger partial charge in [-0.2, -0.15) is 0 Å². The molecule has 0 saturated carbocycles. The van der Waals surface area contributed by atoms with E-state index in [0.717, 1.165) is 62.3 Å². The Hall–Kier alpha value is -7.32. The Bertz CT molecular complexity index is 5100. The SMILES string of the molecule is CC(=O)O[C@@H]1[C@@H](NC(=O)OCC(Cl)(Cl)Cl)[C@H](O)O[C@H](CO[Si](c2ccccc2)(c2ccccc2)C(C)(C)C)[C@H]1O[C@@H]1O[C@H](CO[Si](c2ccccc2)(c2ccccc2)C(C)(C)C)[C@H](OC(C)=O)[C@H](O[C@@H]2O[C@H](CO[Si](c3ccccc3)(c3ccccc3)C(C)(C)C)[C@@H](O[C@@H]3O[C@H](CO[Si](c4ccccc4)(c4ccccc4)C(C)(C)C)[C@H](O)[C@H](O)[C@H]3O)[C@H](O)[C@H]2NC(=O)OCC(Cl)(Cl)Cl)[C@H]1OC(C)=O. The van der Waals surface area contributed by atoms with Crippen LogP contribution in [-0.4, -0.2) is 259 Å². The van der Waals surface area contributed by atoms with E-state index in [-0.39, 0.29) is 0 Å². The lowest BCUT2D eigenvalue weighted by molar-refractivity contribution is -0.376. The van der Waals surface area contributed by atoms with Crippen LogP contribution in [0.3, 0.4) is 0 Å². The summed E-state index contributed by atoms with van der Waals surface area (Å²) in [4.78, 5) is 73.0. The molecule has 0 aliphatic carbocycles. The number of amides is 2. The monoisotopic (exact) mass is 2090 g/mol. The summed E-state index contributed by atoms with van der Waals surface area (Å²) in [5.41, 5.74) is 0. The molecule has 0 radical (unpaired) electrons. The molecule has 8 aromatic rings. The molecule has 8 aromatic carbocycles. The second kappa shape index (κ2) is 46.2. The number of esters is 3. The van der Waals surface area contributed by atoms with Gasteiger partial charge in [-0.25, -0.2) is 9.59 Å². The van der Waals surface area contributed by atoms with E-state index < -0.39 is 253 Å². The summed E-state index contributed by atoms with van der Waals surface area (Å²) in [6.07, 6.45) is -38.5. The molecule has 0 spiro atoms. The lowest BCUT2D eigenvalue weighted by Crippen LogP contribution is -2.72. The van der Waals surface area contributed by atoms with Crippen LogP contribution in [0.1, 0.15) is 104 Å². The van der Waals surface area contributed by atoms with Gasteiger partial charge in [0, 0.05) is 20.8 Å². The number of halogens is 6. The zero-order chi connectivity index (χ0) is 100. The first-order valence-corrected chi connectivity index (χ1v) is 55.5. The molecular formula is C100H124Cl6N2O26Si4. The van der Waals surface area contributed by atoms with E-state index in [2.05, 4.69) is 10.6 Å². The number of hydrogen-bond donors (Lipinski definition) is 7. The number of aliphatic hydroxyl groups excluding tert-OH is 5. The molecule has 20 atom stereocenters. The highest BCUT2D eigenvalue weighted by atomic mass is 35.6.